The summed E-state index contributed by atoms with van der Waals surface area (Å²) in [7, 11) is -4.16. The average molecular weight is 372 g/mol. The number of carbonyl (C=O) groups excluding carboxylic acids is 1. The standard InChI is InChI=1S/C17H19FN2O4S/c1-5-24-16(21)13-14(10(2)3)19-17(25(4,22)23)20-15(13)11-6-8-12(18)9-7-11/h6-10H,5H2,1-4H3/i2D3,3D3. The second kappa shape index (κ2) is 7.26. The highest BCUT2D eigenvalue weighted by Gasteiger charge is 2.27. The Kier molecular flexibility index (Phi) is 3.51. The van der Waals surface area contributed by atoms with Gasteiger partial charge >= 0.3 is 5.97 Å². The Balaban J connectivity index is 3.07. The molecule has 0 N–H and O–H groups in total. The number of esters is 1. The van der Waals surface area contributed by atoms with Gasteiger partial charge in [-0.05, 0) is 37.1 Å². The smallest absolute Gasteiger partial charge is 0.342 e. The van der Waals surface area contributed by atoms with E-state index in [1.54, 1.807) is 0 Å². The summed E-state index contributed by atoms with van der Waals surface area (Å²) in [6.45, 7) is -5.06. The summed E-state index contributed by atoms with van der Waals surface area (Å²) in [5, 5.41) is -0.881. The van der Waals surface area contributed by atoms with Crippen LogP contribution < -0.4 is 0 Å². The van der Waals surface area contributed by atoms with Crippen LogP contribution in [0.25, 0.3) is 11.3 Å². The molecule has 6 nitrogen and oxygen atoms in total. The van der Waals surface area contributed by atoms with Gasteiger partial charge in [0.1, 0.15) is 11.4 Å². The van der Waals surface area contributed by atoms with E-state index in [1.807, 2.05) is 0 Å². The van der Waals surface area contributed by atoms with Crippen LogP contribution in [0.3, 0.4) is 0 Å². The van der Waals surface area contributed by atoms with Crippen LogP contribution in [-0.2, 0) is 14.6 Å². The van der Waals surface area contributed by atoms with Crippen LogP contribution in [0.5, 0.6) is 0 Å². The number of hydrogen-bond donors (Lipinski definition) is 0. The van der Waals surface area contributed by atoms with Crippen molar-refractivity contribution in [1.82, 2.24) is 9.97 Å². The number of nitrogens with zero attached hydrogens (tertiary/aromatic N) is 2. The molecule has 1 aromatic heterocycles. The van der Waals surface area contributed by atoms with Gasteiger partial charge in [0.25, 0.3) is 0 Å². The lowest BCUT2D eigenvalue weighted by Gasteiger charge is -2.16. The molecule has 0 fully saturated rings. The van der Waals surface area contributed by atoms with Gasteiger partial charge in [0.2, 0.25) is 15.0 Å². The molecule has 1 heterocycles. The topological polar surface area (TPSA) is 86.2 Å². The van der Waals surface area contributed by atoms with Crippen molar-refractivity contribution in [1.29, 1.82) is 0 Å². The van der Waals surface area contributed by atoms with Crippen LogP contribution in [0.15, 0.2) is 29.4 Å². The molecule has 0 saturated heterocycles. The maximum atomic E-state index is 13.4. The third kappa shape index (κ3) is 4.19. The van der Waals surface area contributed by atoms with Gasteiger partial charge in [0.15, 0.2) is 0 Å². The molecule has 0 saturated carbocycles. The minimum atomic E-state index is -4.16. The van der Waals surface area contributed by atoms with E-state index in [0.29, 0.717) is 0 Å². The Labute approximate surface area is 154 Å². The van der Waals surface area contributed by atoms with Gasteiger partial charge in [-0.15, -0.1) is 0 Å². The summed E-state index contributed by atoms with van der Waals surface area (Å²) >= 11 is 0. The van der Waals surface area contributed by atoms with Gasteiger partial charge in [-0.25, -0.2) is 27.6 Å². The maximum absolute atomic E-state index is 13.4. The number of halogens is 1. The summed E-state index contributed by atoms with van der Waals surface area (Å²) < 4.78 is 89.0. The Morgan fingerprint density at radius 2 is 1.92 bits per heavy atom. The first-order valence-corrected chi connectivity index (χ1v) is 9.01. The second-order valence-electron chi connectivity index (χ2n) is 5.05. The van der Waals surface area contributed by atoms with Gasteiger partial charge < -0.3 is 4.74 Å². The number of rotatable bonds is 5. The van der Waals surface area contributed by atoms with E-state index in [0.717, 1.165) is 18.4 Å². The van der Waals surface area contributed by atoms with Gasteiger partial charge in [0.05, 0.1) is 18.0 Å². The molecular weight excluding hydrogens is 347 g/mol. The third-order valence-electron chi connectivity index (χ3n) is 3.12. The summed E-state index contributed by atoms with van der Waals surface area (Å²) in [5.74, 6) is -4.10. The van der Waals surface area contributed by atoms with Gasteiger partial charge in [0, 0.05) is 20.0 Å². The molecule has 0 atom stereocenters. The molecule has 0 aliphatic rings. The van der Waals surface area contributed by atoms with Crippen LogP contribution in [0.2, 0.25) is 0 Å². The Bertz CT molecular complexity index is 1070. The highest BCUT2D eigenvalue weighted by molar-refractivity contribution is 7.90. The summed E-state index contributed by atoms with van der Waals surface area (Å²) in [5.41, 5.74) is -1.78. The maximum Gasteiger partial charge on any atom is 0.342 e. The summed E-state index contributed by atoms with van der Waals surface area (Å²) in [6.07, 6.45) is 0.740. The molecule has 0 radical (unpaired) electrons. The fraction of sp³-hybridized carbons (Fsp3) is 0.353. The first-order chi connectivity index (χ1) is 14.1. The fourth-order valence-electron chi connectivity index (χ4n) is 2.05. The lowest BCUT2D eigenvalue weighted by atomic mass is 9.98. The molecule has 134 valence electrons. The fourth-order valence-corrected chi connectivity index (χ4v) is 2.57. The quantitative estimate of drug-likeness (QED) is 0.592. The van der Waals surface area contributed by atoms with Crippen LogP contribution in [-0.4, -0.2) is 37.2 Å². The summed E-state index contributed by atoms with van der Waals surface area (Å²) in [6, 6.07) is 4.38. The Morgan fingerprint density at radius 1 is 1.28 bits per heavy atom. The SMILES string of the molecule is [2H]C([2H])([2H])C(c1nc(S(C)(=O)=O)nc(-c2ccc(F)cc2)c1C(=O)OCC)C([2H])([2H])[2H]. The van der Waals surface area contributed by atoms with Crippen molar-refractivity contribution < 1.29 is 30.6 Å². The van der Waals surface area contributed by atoms with Crippen LogP contribution in [0, 0.1) is 5.82 Å². The van der Waals surface area contributed by atoms with E-state index < -0.39 is 57.7 Å². The second-order valence-corrected chi connectivity index (χ2v) is 6.96. The first-order valence-electron chi connectivity index (χ1n) is 10.1. The minimum absolute atomic E-state index is 0.0350. The minimum Gasteiger partial charge on any atom is -0.462 e. The van der Waals surface area contributed by atoms with E-state index in [9.17, 15) is 17.6 Å². The predicted molar refractivity (Wildman–Crippen MR) is 90.6 cm³/mol. The molecule has 25 heavy (non-hydrogen) atoms. The number of benzene rings is 1. The van der Waals surface area contributed by atoms with Crippen molar-refractivity contribution in [3.63, 3.8) is 0 Å². The summed E-state index contributed by atoms with van der Waals surface area (Å²) in [4.78, 5) is 20.3. The lowest BCUT2D eigenvalue weighted by Crippen LogP contribution is -2.17. The zero-order valence-corrected chi connectivity index (χ0v) is 14.2. The number of carbonyl (C=O) groups is 1. The number of hydrogen-bond acceptors (Lipinski definition) is 6. The molecule has 0 aliphatic heterocycles. The molecule has 0 amide bonds. The molecule has 2 aromatic rings. The van der Waals surface area contributed by atoms with Crippen molar-refractivity contribution in [3.05, 3.63) is 41.3 Å². The van der Waals surface area contributed by atoms with Crippen molar-refractivity contribution in [2.45, 2.75) is 31.7 Å². The van der Waals surface area contributed by atoms with Crippen LogP contribution >= 0.6 is 0 Å². The van der Waals surface area contributed by atoms with Gasteiger partial charge in [-0.2, -0.15) is 0 Å². The molecular formula is C17H19FN2O4S. The first kappa shape index (κ1) is 12.1. The number of sulfone groups is 1. The van der Waals surface area contributed by atoms with Crippen molar-refractivity contribution in [3.8, 4) is 11.3 Å². The predicted octanol–water partition coefficient (Wildman–Crippen LogP) is 2.99. The van der Waals surface area contributed by atoms with E-state index in [4.69, 9.17) is 13.0 Å². The lowest BCUT2D eigenvalue weighted by molar-refractivity contribution is 0.0524. The molecule has 0 spiro atoms. The van der Waals surface area contributed by atoms with Crippen LogP contribution in [0.1, 0.15) is 50.8 Å². The van der Waals surface area contributed by atoms with Gasteiger partial charge in [-0.3, -0.25) is 0 Å². The van der Waals surface area contributed by atoms with E-state index in [-0.39, 0.29) is 17.9 Å². The monoisotopic (exact) mass is 372 g/mol. The number of ether oxygens (including phenoxy) is 1. The highest BCUT2D eigenvalue weighted by Crippen LogP contribution is 2.29. The molecule has 0 aliphatic carbocycles. The Hall–Kier alpha value is -2.35. The van der Waals surface area contributed by atoms with Gasteiger partial charge in [-0.1, -0.05) is 13.7 Å². The van der Waals surface area contributed by atoms with Crippen molar-refractivity contribution in [2.75, 3.05) is 12.9 Å². The van der Waals surface area contributed by atoms with Crippen LogP contribution in [0.4, 0.5) is 4.39 Å². The van der Waals surface area contributed by atoms with E-state index in [2.05, 4.69) is 9.97 Å². The molecule has 0 bridgehead atoms. The van der Waals surface area contributed by atoms with Crippen molar-refractivity contribution in [2.24, 2.45) is 0 Å². The highest BCUT2D eigenvalue weighted by atomic mass is 32.2. The van der Waals surface area contributed by atoms with Crippen molar-refractivity contribution >= 4 is 15.8 Å². The third-order valence-corrected chi connectivity index (χ3v) is 3.96. The molecule has 1 aromatic carbocycles. The Morgan fingerprint density at radius 3 is 2.44 bits per heavy atom. The zero-order chi connectivity index (χ0) is 23.8. The molecule has 2 rings (SSSR count). The molecule has 0 unspecified atom stereocenters. The molecule has 8 heteroatoms. The number of aromatic nitrogens is 2. The zero-order valence-electron chi connectivity index (χ0n) is 19.4. The van der Waals surface area contributed by atoms with E-state index >= 15 is 0 Å². The van der Waals surface area contributed by atoms with E-state index in [1.165, 1.54) is 19.1 Å². The normalized spacial score (nSPS) is 16.2. The average Bonchev–Trinajstić information content (AvgIpc) is 2.58. The largest absolute Gasteiger partial charge is 0.462 e.